The van der Waals surface area contributed by atoms with E-state index in [-0.39, 0.29) is 5.92 Å². The smallest absolute Gasteiger partial charge is 0.177 e. The van der Waals surface area contributed by atoms with Gasteiger partial charge in [-0.3, -0.25) is 4.79 Å². The summed E-state index contributed by atoms with van der Waals surface area (Å²) < 4.78 is 0.941. The summed E-state index contributed by atoms with van der Waals surface area (Å²) in [6, 6.07) is 10.4. The molecule has 0 spiro atoms. The summed E-state index contributed by atoms with van der Waals surface area (Å²) in [5.74, 6) is 0.446. The highest BCUT2D eigenvalue weighted by Crippen LogP contribution is 2.32. The zero-order valence-electron chi connectivity index (χ0n) is 9.86. The van der Waals surface area contributed by atoms with E-state index in [9.17, 15) is 4.79 Å². The number of hydrogen-bond acceptors (Lipinski definition) is 2. The van der Waals surface area contributed by atoms with Crippen LogP contribution in [0.4, 0.5) is 0 Å². The SMILES string of the molecule is O=C(c1sccc1Br)C1CCc2ccccc2C1. The third-order valence-electron chi connectivity index (χ3n) is 3.56. The Balaban J connectivity index is 1.84. The first-order chi connectivity index (χ1) is 8.75. The fourth-order valence-electron chi connectivity index (χ4n) is 2.58. The van der Waals surface area contributed by atoms with Gasteiger partial charge in [-0.1, -0.05) is 24.3 Å². The molecule has 92 valence electrons. The molecule has 18 heavy (non-hydrogen) atoms. The van der Waals surface area contributed by atoms with Crippen molar-refractivity contribution < 1.29 is 4.79 Å². The van der Waals surface area contributed by atoms with Gasteiger partial charge in [0.2, 0.25) is 0 Å². The summed E-state index contributed by atoms with van der Waals surface area (Å²) in [5, 5.41) is 1.97. The first kappa shape index (κ1) is 12.1. The Morgan fingerprint density at radius 2 is 2.00 bits per heavy atom. The van der Waals surface area contributed by atoms with Crippen molar-refractivity contribution in [2.45, 2.75) is 19.3 Å². The Hall–Kier alpha value is -0.930. The number of Topliss-reactive ketones (excluding diaryl/α,β-unsaturated/α-hetero) is 1. The maximum atomic E-state index is 12.5. The second-order valence-corrected chi connectivity index (χ2v) is 6.44. The number of carbonyl (C=O) groups is 1. The summed E-state index contributed by atoms with van der Waals surface area (Å²) in [6.45, 7) is 0. The first-order valence-electron chi connectivity index (χ1n) is 6.09. The molecule has 1 nitrogen and oxygen atoms in total. The van der Waals surface area contributed by atoms with Crippen LogP contribution >= 0.6 is 27.3 Å². The Morgan fingerprint density at radius 1 is 1.22 bits per heavy atom. The first-order valence-corrected chi connectivity index (χ1v) is 7.77. The second kappa shape index (κ2) is 4.98. The van der Waals surface area contributed by atoms with Crippen molar-refractivity contribution in [3.8, 4) is 0 Å². The molecule has 1 aliphatic rings. The maximum absolute atomic E-state index is 12.5. The number of fused-ring (bicyclic) bond motifs is 1. The van der Waals surface area contributed by atoms with Crippen LogP contribution in [0, 0.1) is 5.92 Å². The number of aryl methyl sites for hydroxylation is 1. The van der Waals surface area contributed by atoms with E-state index in [2.05, 4.69) is 40.2 Å². The molecular formula is C15H13BrOS. The molecule has 0 bridgehead atoms. The minimum Gasteiger partial charge on any atom is -0.293 e. The zero-order chi connectivity index (χ0) is 12.5. The number of hydrogen-bond donors (Lipinski definition) is 0. The van der Waals surface area contributed by atoms with Crippen LogP contribution in [-0.4, -0.2) is 5.78 Å². The molecule has 0 saturated carbocycles. The molecule has 3 heteroatoms. The van der Waals surface area contributed by atoms with Crippen LogP contribution in [0.3, 0.4) is 0 Å². The summed E-state index contributed by atoms with van der Waals surface area (Å²) >= 11 is 4.99. The van der Waals surface area contributed by atoms with Crippen molar-refractivity contribution in [2.75, 3.05) is 0 Å². The molecule has 1 heterocycles. The lowest BCUT2D eigenvalue weighted by molar-refractivity contribution is 0.0912. The highest BCUT2D eigenvalue weighted by molar-refractivity contribution is 9.10. The Kier molecular flexibility index (Phi) is 3.35. The van der Waals surface area contributed by atoms with Crippen LogP contribution in [0.25, 0.3) is 0 Å². The Bertz CT molecular complexity index is 588. The highest BCUT2D eigenvalue weighted by atomic mass is 79.9. The molecule has 0 saturated heterocycles. The largest absolute Gasteiger partial charge is 0.293 e. The second-order valence-electron chi connectivity index (χ2n) is 4.67. The number of rotatable bonds is 2. The van der Waals surface area contributed by atoms with Gasteiger partial charge in [0.15, 0.2) is 5.78 Å². The molecule has 1 aromatic carbocycles. The number of ketones is 1. The van der Waals surface area contributed by atoms with Crippen LogP contribution in [0.1, 0.15) is 27.2 Å². The maximum Gasteiger partial charge on any atom is 0.177 e. The Morgan fingerprint density at radius 3 is 2.72 bits per heavy atom. The zero-order valence-corrected chi connectivity index (χ0v) is 12.3. The standard InChI is InChI=1S/C15H13BrOS/c16-13-7-8-18-15(13)14(17)12-6-5-10-3-1-2-4-11(10)9-12/h1-4,7-8,12H,5-6,9H2. The number of halogens is 1. The van der Waals surface area contributed by atoms with Crippen LogP contribution < -0.4 is 0 Å². The van der Waals surface area contributed by atoms with Gasteiger partial charge in [0.05, 0.1) is 4.88 Å². The van der Waals surface area contributed by atoms with Crippen LogP contribution in [-0.2, 0) is 12.8 Å². The molecule has 1 atom stereocenters. The van der Waals surface area contributed by atoms with E-state index in [0.717, 1.165) is 28.6 Å². The van der Waals surface area contributed by atoms with Gasteiger partial charge < -0.3 is 0 Å². The van der Waals surface area contributed by atoms with Gasteiger partial charge in [-0.15, -0.1) is 11.3 Å². The predicted octanol–water partition coefficient (Wildman–Crippen LogP) is 4.50. The fraction of sp³-hybridized carbons (Fsp3) is 0.267. The fourth-order valence-corrected chi connectivity index (χ4v) is 4.16. The molecule has 1 aromatic heterocycles. The number of thiophene rings is 1. The van der Waals surface area contributed by atoms with E-state index in [1.54, 1.807) is 0 Å². The van der Waals surface area contributed by atoms with Crippen molar-refractivity contribution in [2.24, 2.45) is 5.92 Å². The average Bonchev–Trinajstić information content (AvgIpc) is 2.83. The van der Waals surface area contributed by atoms with Gasteiger partial charge in [0.1, 0.15) is 0 Å². The summed E-state index contributed by atoms with van der Waals surface area (Å²) in [6.07, 6.45) is 2.88. The lowest BCUT2D eigenvalue weighted by Crippen LogP contribution is -2.22. The monoisotopic (exact) mass is 320 g/mol. The van der Waals surface area contributed by atoms with Gasteiger partial charge >= 0.3 is 0 Å². The van der Waals surface area contributed by atoms with E-state index in [4.69, 9.17) is 0 Å². The summed E-state index contributed by atoms with van der Waals surface area (Å²) in [4.78, 5) is 13.3. The molecule has 1 unspecified atom stereocenters. The number of benzene rings is 1. The van der Waals surface area contributed by atoms with E-state index in [0.29, 0.717) is 5.78 Å². The van der Waals surface area contributed by atoms with Crippen LogP contribution in [0.2, 0.25) is 0 Å². The van der Waals surface area contributed by atoms with Crippen molar-refractivity contribution >= 4 is 33.0 Å². The minimum absolute atomic E-state index is 0.148. The molecule has 0 radical (unpaired) electrons. The number of carbonyl (C=O) groups excluding carboxylic acids is 1. The molecule has 3 rings (SSSR count). The van der Waals surface area contributed by atoms with E-state index in [1.165, 1.54) is 22.5 Å². The van der Waals surface area contributed by atoms with Crippen LogP contribution in [0.5, 0.6) is 0 Å². The summed E-state index contributed by atoms with van der Waals surface area (Å²) in [5.41, 5.74) is 2.75. The van der Waals surface area contributed by atoms with Gasteiger partial charge in [-0.05, 0) is 57.8 Å². The average molecular weight is 321 g/mol. The molecular weight excluding hydrogens is 308 g/mol. The van der Waals surface area contributed by atoms with Crippen molar-refractivity contribution in [3.05, 3.63) is 56.2 Å². The molecule has 2 aromatic rings. The van der Waals surface area contributed by atoms with Gasteiger partial charge in [-0.25, -0.2) is 0 Å². The molecule has 0 fully saturated rings. The van der Waals surface area contributed by atoms with E-state index in [1.807, 2.05) is 11.4 Å². The quantitative estimate of drug-likeness (QED) is 0.745. The molecule has 1 aliphatic carbocycles. The molecule has 0 amide bonds. The van der Waals surface area contributed by atoms with Gasteiger partial charge in [0, 0.05) is 10.4 Å². The lowest BCUT2D eigenvalue weighted by atomic mass is 9.81. The highest BCUT2D eigenvalue weighted by Gasteiger charge is 2.27. The lowest BCUT2D eigenvalue weighted by Gasteiger charge is -2.23. The Labute approximate surface area is 119 Å². The molecule has 0 N–H and O–H groups in total. The molecule has 0 aliphatic heterocycles. The van der Waals surface area contributed by atoms with Crippen LogP contribution in [0.15, 0.2) is 40.2 Å². The topological polar surface area (TPSA) is 17.1 Å². The van der Waals surface area contributed by atoms with Crippen molar-refractivity contribution in [1.29, 1.82) is 0 Å². The van der Waals surface area contributed by atoms with Crippen molar-refractivity contribution in [1.82, 2.24) is 0 Å². The van der Waals surface area contributed by atoms with E-state index < -0.39 is 0 Å². The van der Waals surface area contributed by atoms with E-state index >= 15 is 0 Å². The van der Waals surface area contributed by atoms with Crippen molar-refractivity contribution in [3.63, 3.8) is 0 Å². The minimum atomic E-state index is 0.148. The third kappa shape index (κ3) is 2.17. The normalized spacial score (nSPS) is 18.4. The van der Waals surface area contributed by atoms with Gasteiger partial charge in [0.25, 0.3) is 0 Å². The predicted molar refractivity (Wildman–Crippen MR) is 78.3 cm³/mol. The van der Waals surface area contributed by atoms with Gasteiger partial charge in [-0.2, -0.15) is 0 Å². The summed E-state index contributed by atoms with van der Waals surface area (Å²) in [7, 11) is 0. The third-order valence-corrected chi connectivity index (χ3v) is 5.41.